The Balaban J connectivity index is 1.26. The summed E-state index contributed by atoms with van der Waals surface area (Å²) in [6.07, 6.45) is 3.93. The van der Waals surface area contributed by atoms with Gasteiger partial charge in [-0.1, -0.05) is 18.2 Å². The molecule has 4 aromatic rings. The van der Waals surface area contributed by atoms with Crippen molar-refractivity contribution in [2.24, 2.45) is 0 Å². The Kier molecular flexibility index (Phi) is 5.41. The number of carbonyl (C=O) groups excluding carboxylic acids is 1. The van der Waals surface area contributed by atoms with Crippen molar-refractivity contribution in [3.63, 3.8) is 0 Å². The predicted octanol–water partition coefficient (Wildman–Crippen LogP) is 5.15. The number of imidazole rings is 1. The third kappa shape index (κ3) is 4.01. The molecule has 178 valence electrons. The fourth-order valence-electron chi connectivity index (χ4n) is 4.88. The smallest absolute Gasteiger partial charge is 0.321 e. The van der Waals surface area contributed by atoms with Crippen LogP contribution in [0.3, 0.4) is 0 Å². The standard InChI is InChI=1S/C27H26N4O4/c1-33-21-8-4-6-18(14-21)25-22-9-2-3-13-31(22)26(29-25)19-7-5-12-30(16-19)27(32)28-20-10-11-23-24(15-20)35-17-34-23/h2-4,6,8-11,13-15,19H,5,7,12,16-17H2,1H3,(H,28,32). The Morgan fingerprint density at radius 3 is 2.91 bits per heavy atom. The van der Waals surface area contributed by atoms with Crippen molar-refractivity contribution in [2.75, 3.05) is 32.3 Å². The zero-order chi connectivity index (χ0) is 23.8. The van der Waals surface area contributed by atoms with Crippen LogP contribution in [0.5, 0.6) is 17.2 Å². The molecule has 1 saturated heterocycles. The van der Waals surface area contributed by atoms with Crippen LogP contribution in [0, 0.1) is 0 Å². The molecule has 4 heterocycles. The summed E-state index contributed by atoms with van der Waals surface area (Å²) in [7, 11) is 1.67. The summed E-state index contributed by atoms with van der Waals surface area (Å²) in [5, 5.41) is 3.00. The van der Waals surface area contributed by atoms with Gasteiger partial charge in [-0.2, -0.15) is 0 Å². The highest BCUT2D eigenvalue weighted by Crippen LogP contribution is 2.35. The molecule has 0 spiro atoms. The zero-order valence-corrected chi connectivity index (χ0v) is 19.4. The van der Waals surface area contributed by atoms with Crippen molar-refractivity contribution < 1.29 is 19.0 Å². The maximum absolute atomic E-state index is 13.1. The number of piperidine rings is 1. The van der Waals surface area contributed by atoms with Crippen LogP contribution >= 0.6 is 0 Å². The molecule has 0 saturated carbocycles. The summed E-state index contributed by atoms with van der Waals surface area (Å²) in [5.41, 5.74) is 3.65. The Labute approximate surface area is 203 Å². The number of pyridine rings is 1. The first-order valence-corrected chi connectivity index (χ1v) is 11.8. The molecule has 2 aromatic carbocycles. The Bertz CT molecular complexity index is 1400. The molecule has 8 nitrogen and oxygen atoms in total. The van der Waals surface area contributed by atoms with Gasteiger partial charge in [-0.15, -0.1) is 0 Å². The fourth-order valence-corrected chi connectivity index (χ4v) is 4.88. The minimum absolute atomic E-state index is 0.123. The van der Waals surface area contributed by atoms with Gasteiger partial charge in [-0.3, -0.25) is 0 Å². The van der Waals surface area contributed by atoms with Crippen molar-refractivity contribution in [1.82, 2.24) is 14.3 Å². The van der Waals surface area contributed by atoms with Gasteiger partial charge in [0.1, 0.15) is 11.6 Å². The summed E-state index contributed by atoms with van der Waals surface area (Å²) in [6, 6.07) is 19.4. The second-order valence-corrected chi connectivity index (χ2v) is 8.79. The van der Waals surface area contributed by atoms with Crippen molar-refractivity contribution in [3.05, 3.63) is 72.7 Å². The average Bonchev–Trinajstić information content (AvgIpc) is 3.53. The number of nitrogens with one attached hydrogen (secondary N) is 1. The van der Waals surface area contributed by atoms with E-state index in [0.717, 1.165) is 41.2 Å². The summed E-state index contributed by atoms with van der Waals surface area (Å²) in [4.78, 5) is 20.1. The molecule has 1 N–H and O–H groups in total. The second-order valence-electron chi connectivity index (χ2n) is 8.79. The van der Waals surface area contributed by atoms with Gasteiger partial charge in [0.2, 0.25) is 6.79 Å². The van der Waals surface area contributed by atoms with Crippen molar-refractivity contribution in [2.45, 2.75) is 18.8 Å². The van der Waals surface area contributed by atoms with E-state index in [9.17, 15) is 4.79 Å². The number of methoxy groups -OCH3 is 1. The number of amides is 2. The second kappa shape index (κ2) is 8.87. The molecule has 0 bridgehead atoms. The van der Waals surface area contributed by atoms with Crippen LogP contribution in [0.15, 0.2) is 66.9 Å². The molecule has 1 atom stereocenters. The van der Waals surface area contributed by atoms with Crippen LogP contribution in [0.2, 0.25) is 0 Å². The minimum Gasteiger partial charge on any atom is -0.497 e. The van der Waals surface area contributed by atoms with E-state index < -0.39 is 0 Å². The predicted molar refractivity (Wildman–Crippen MR) is 132 cm³/mol. The number of ether oxygens (including phenoxy) is 3. The number of aromatic nitrogens is 2. The van der Waals surface area contributed by atoms with Crippen molar-refractivity contribution in [1.29, 1.82) is 0 Å². The van der Waals surface area contributed by atoms with Gasteiger partial charge in [-0.05, 0) is 49.2 Å². The van der Waals surface area contributed by atoms with Gasteiger partial charge in [0.05, 0.1) is 18.3 Å². The monoisotopic (exact) mass is 470 g/mol. The van der Waals surface area contributed by atoms with Crippen LogP contribution in [-0.4, -0.2) is 47.3 Å². The van der Waals surface area contributed by atoms with Gasteiger partial charge in [-0.25, -0.2) is 9.78 Å². The molecule has 2 aliphatic rings. The highest BCUT2D eigenvalue weighted by Gasteiger charge is 2.29. The number of fused-ring (bicyclic) bond motifs is 2. The number of nitrogens with zero attached hydrogens (tertiary/aromatic N) is 3. The third-order valence-electron chi connectivity index (χ3n) is 6.62. The maximum Gasteiger partial charge on any atom is 0.321 e. The highest BCUT2D eigenvalue weighted by molar-refractivity contribution is 5.90. The number of rotatable bonds is 4. The Hall–Kier alpha value is -4.20. The molecule has 2 aliphatic heterocycles. The van der Waals surface area contributed by atoms with Crippen molar-refractivity contribution in [3.8, 4) is 28.5 Å². The maximum atomic E-state index is 13.1. The number of anilines is 1. The molecule has 6 rings (SSSR count). The van der Waals surface area contributed by atoms with Crippen LogP contribution in [0.4, 0.5) is 10.5 Å². The van der Waals surface area contributed by atoms with Gasteiger partial charge < -0.3 is 28.8 Å². The lowest BCUT2D eigenvalue weighted by atomic mass is 9.97. The first-order chi connectivity index (χ1) is 17.2. The van der Waals surface area contributed by atoms with E-state index in [-0.39, 0.29) is 18.7 Å². The van der Waals surface area contributed by atoms with Crippen LogP contribution < -0.4 is 19.5 Å². The molecular weight excluding hydrogens is 444 g/mol. The number of urea groups is 1. The Morgan fingerprint density at radius 2 is 2.00 bits per heavy atom. The largest absolute Gasteiger partial charge is 0.497 e. The summed E-state index contributed by atoms with van der Waals surface area (Å²) < 4.78 is 18.4. The van der Waals surface area contributed by atoms with E-state index >= 15 is 0 Å². The van der Waals surface area contributed by atoms with E-state index in [4.69, 9.17) is 19.2 Å². The molecule has 2 aromatic heterocycles. The normalized spacial score (nSPS) is 16.9. The summed E-state index contributed by atoms with van der Waals surface area (Å²) >= 11 is 0. The third-order valence-corrected chi connectivity index (χ3v) is 6.62. The quantitative estimate of drug-likeness (QED) is 0.446. The lowest BCUT2D eigenvalue weighted by Crippen LogP contribution is -2.42. The first-order valence-electron chi connectivity index (χ1n) is 11.8. The van der Waals surface area contributed by atoms with Gasteiger partial charge in [0.25, 0.3) is 0 Å². The van der Waals surface area contributed by atoms with E-state index in [1.54, 1.807) is 13.2 Å². The molecule has 1 unspecified atom stereocenters. The molecule has 1 fully saturated rings. The summed E-state index contributed by atoms with van der Waals surface area (Å²) in [6.45, 7) is 1.51. The molecule has 35 heavy (non-hydrogen) atoms. The van der Waals surface area contributed by atoms with E-state index in [1.165, 1.54) is 0 Å². The molecule has 0 aliphatic carbocycles. The van der Waals surface area contributed by atoms with Crippen LogP contribution in [-0.2, 0) is 0 Å². The summed E-state index contributed by atoms with van der Waals surface area (Å²) in [5.74, 6) is 3.23. The zero-order valence-electron chi connectivity index (χ0n) is 19.4. The topological polar surface area (TPSA) is 77.3 Å². The number of carbonyl (C=O) groups is 1. The minimum atomic E-state index is -0.123. The van der Waals surface area contributed by atoms with E-state index in [1.807, 2.05) is 59.6 Å². The van der Waals surface area contributed by atoms with Crippen LogP contribution in [0.1, 0.15) is 24.6 Å². The van der Waals surface area contributed by atoms with Crippen LogP contribution in [0.25, 0.3) is 16.8 Å². The first kappa shape index (κ1) is 21.3. The lowest BCUT2D eigenvalue weighted by molar-refractivity contribution is 0.174. The highest BCUT2D eigenvalue weighted by atomic mass is 16.7. The molecular formula is C27H26N4O4. The van der Waals surface area contributed by atoms with Gasteiger partial charge in [0.15, 0.2) is 11.5 Å². The number of hydrogen-bond acceptors (Lipinski definition) is 5. The van der Waals surface area contributed by atoms with E-state index in [2.05, 4.69) is 15.8 Å². The average molecular weight is 471 g/mol. The number of hydrogen-bond donors (Lipinski definition) is 1. The number of likely N-dealkylation sites (tertiary alicyclic amines) is 1. The van der Waals surface area contributed by atoms with Crippen molar-refractivity contribution >= 4 is 17.2 Å². The SMILES string of the molecule is COc1cccc(-c2nc(C3CCCN(C(=O)Nc4ccc5c(c4)OCO5)C3)n3ccccc23)c1. The van der Waals surface area contributed by atoms with E-state index in [0.29, 0.717) is 30.3 Å². The molecule has 8 heteroatoms. The fraction of sp³-hybridized carbons (Fsp3) is 0.259. The van der Waals surface area contributed by atoms with Gasteiger partial charge >= 0.3 is 6.03 Å². The Morgan fingerprint density at radius 1 is 1.09 bits per heavy atom. The van der Waals surface area contributed by atoms with Gasteiger partial charge in [0, 0.05) is 42.5 Å². The lowest BCUT2D eigenvalue weighted by Gasteiger charge is -2.32. The number of benzene rings is 2. The molecule has 2 amide bonds. The molecule has 0 radical (unpaired) electrons.